The van der Waals surface area contributed by atoms with Crippen LogP contribution in [0.1, 0.15) is 34.6 Å². The number of hydrogen-bond acceptors (Lipinski definition) is 12. The molecule has 40 heavy (non-hydrogen) atoms. The van der Waals surface area contributed by atoms with Crippen LogP contribution in [0.4, 0.5) is 0 Å². The number of aromatic nitrogens is 2. The number of pyridine rings is 2. The second-order valence-electron chi connectivity index (χ2n) is 7.97. The van der Waals surface area contributed by atoms with Crippen LogP contribution < -0.4 is 0 Å². The molecular weight excluding hydrogens is 524 g/mol. The molecule has 0 amide bonds. The Kier molecular flexibility index (Phi) is 18.1. The van der Waals surface area contributed by atoms with Crippen molar-refractivity contribution < 1.29 is 47.5 Å². The van der Waals surface area contributed by atoms with Gasteiger partial charge in [0.2, 0.25) is 0 Å². The summed E-state index contributed by atoms with van der Waals surface area (Å²) in [6, 6.07) is 6.19. The molecule has 0 spiro atoms. The third-order valence-electron chi connectivity index (χ3n) is 5.07. The number of nitrogens with zero attached hydrogens (tertiary/aromatic N) is 2. The maximum atomic E-state index is 12.4. The fourth-order valence-corrected chi connectivity index (χ4v) is 3.12. The van der Waals surface area contributed by atoms with Gasteiger partial charge in [0.1, 0.15) is 13.2 Å². The molecule has 0 aliphatic carbocycles. The fraction of sp³-hybridized carbons (Fsp3) is 0.571. The first-order valence-corrected chi connectivity index (χ1v) is 13.4. The third-order valence-corrected chi connectivity index (χ3v) is 5.07. The predicted molar refractivity (Wildman–Crippen MR) is 144 cm³/mol. The summed E-state index contributed by atoms with van der Waals surface area (Å²) in [5.41, 5.74) is 1.44. The van der Waals surface area contributed by atoms with Gasteiger partial charge in [0, 0.05) is 25.6 Å². The first kappa shape index (κ1) is 33.2. The van der Waals surface area contributed by atoms with Gasteiger partial charge in [-0.3, -0.25) is 9.97 Å². The molecule has 0 aliphatic rings. The molecule has 0 fully saturated rings. The van der Waals surface area contributed by atoms with Crippen molar-refractivity contribution in [2.75, 3.05) is 92.5 Å². The predicted octanol–water partition coefficient (Wildman–Crippen LogP) is 2.60. The Hall–Kier alpha value is -3.00. The van der Waals surface area contributed by atoms with E-state index in [1.807, 2.05) is 13.8 Å². The zero-order valence-corrected chi connectivity index (χ0v) is 23.3. The molecule has 2 rings (SSSR count). The molecule has 0 radical (unpaired) electrons. The van der Waals surface area contributed by atoms with E-state index < -0.39 is 11.9 Å². The van der Waals surface area contributed by atoms with Gasteiger partial charge in [0.25, 0.3) is 0 Å². The Morgan fingerprint density at radius 1 is 0.525 bits per heavy atom. The van der Waals surface area contributed by atoms with Gasteiger partial charge in [-0.2, -0.15) is 0 Å². The number of carbonyl (C=O) groups is 2. The molecule has 0 unspecified atom stereocenters. The Labute approximate surface area is 235 Å². The lowest BCUT2D eigenvalue weighted by molar-refractivity contribution is 0.00169. The molecule has 222 valence electrons. The molecule has 0 saturated heterocycles. The Morgan fingerprint density at radius 2 is 0.850 bits per heavy atom. The Balaban J connectivity index is 1.70. The number of esters is 2. The van der Waals surface area contributed by atoms with Crippen molar-refractivity contribution in [2.45, 2.75) is 13.8 Å². The summed E-state index contributed by atoms with van der Waals surface area (Å²) < 4.78 is 42.4. The maximum Gasteiger partial charge on any atom is 0.338 e. The highest BCUT2D eigenvalue weighted by Crippen LogP contribution is 2.18. The Bertz CT molecular complexity index is 898. The highest BCUT2D eigenvalue weighted by Gasteiger charge is 2.13. The van der Waals surface area contributed by atoms with E-state index >= 15 is 0 Å². The molecule has 2 aromatic heterocycles. The van der Waals surface area contributed by atoms with Gasteiger partial charge in [0.05, 0.1) is 88.6 Å². The molecule has 0 N–H and O–H groups in total. The number of carbonyl (C=O) groups excluding carboxylic acids is 2. The summed E-state index contributed by atoms with van der Waals surface area (Å²) in [6.07, 6.45) is 2.96. The van der Waals surface area contributed by atoms with E-state index in [0.29, 0.717) is 88.6 Å². The molecule has 0 atom stereocenters. The van der Waals surface area contributed by atoms with Crippen LogP contribution >= 0.6 is 0 Å². The van der Waals surface area contributed by atoms with E-state index in [1.165, 1.54) is 12.4 Å². The van der Waals surface area contributed by atoms with Crippen LogP contribution in [0.3, 0.4) is 0 Å². The quantitative estimate of drug-likeness (QED) is 0.145. The van der Waals surface area contributed by atoms with Crippen LogP contribution in [0.15, 0.2) is 36.7 Å². The van der Waals surface area contributed by atoms with E-state index in [0.717, 1.165) is 0 Å². The molecule has 0 bridgehead atoms. The zero-order chi connectivity index (χ0) is 28.7. The summed E-state index contributed by atoms with van der Waals surface area (Å²) in [5, 5.41) is 0. The van der Waals surface area contributed by atoms with E-state index in [1.54, 1.807) is 24.3 Å². The van der Waals surface area contributed by atoms with Gasteiger partial charge in [-0.1, -0.05) is 0 Å². The van der Waals surface area contributed by atoms with Gasteiger partial charge < -0.3 is 37.9 Å². The third kappa shape index (κ3) is 14.4. The molecule has 0 aliphatic heterocycles. The largest absolute Gasteiger partial charge is 0.460 e. The van der Waals surface area contributed by atoms with Crippen molar-refractivity contribution >= 4 is 11.9 Å². The lowest BCUT2D eigenvalue weighted by atomic mass is 10.1. The monoisotopic (exact) mass is 564 g/mol. The SMILES string of the molecule is CCOCCOCCOCCOC(=O)c1ccnc(-c2cc(C(=O)OCCOCCOCCOCC)ccn2)c1. The number of rotatable bonds is 23. The van der Waals surface area contributed by atoms with Crippen LogP contribution in [0.2, 0.25) is 0 Å². The van der Waals surface area contributed by atoms with Crippen molar-refractivity contribution in [1.29, 1.82) is 0 Å². The highest BCUT2D eigenvalue weighted by molar-refractivity contribution is 5.92. The summed E-state index contributed by atoms with van der Waals surface area (Å²) in [5.74, 6) is -1.04. The van der Waals surface area contributed by atoms with E-state index in [2.05, 4.69) is 9.97 Å². The van der Waals surface area contributed by atoms with E-state index in [9.17, 15) is 9.59 Å². The van der Waals surface area contributed by atoms with Crippen LogP contribution in [0.25, 0.3) is 11.4 Å². The maximum absolute atomic E-state index is 12.4. The lowest BCUT2D eigenvalue weighted by Gasteiger charge is -2.09. The van der Waals surface area contributed by atoms with E-state index in [-0.39, 0.29) is 26.4 Å². The average molecular weight is 565 g/mol. The van der Waals surface area contributed by atoms with Gasteiger partial charge >= 0.3 is 11.9 Å². The molecule has 0 saturated carbocycles. The average Bonchev–Trinajstić information content (AvgIpc) is 2.99. The first-order valence-electron chi connectivity index (χ1n) is 13.4. The highest BCUT2D eigenvalue weighted by atomic mass is 16.6. The van der Waals surface area contributed by atoms with Crippen LogP contribution in [-0.4, -0.2) is 114 Å². The lowest BCUT2D eigenvalue weighted by Crippen LogP contribution is -2.14. The van der Waals surface area contributed by atoms with E-state index in [4.69, 9.17) is 37.9 Å². The zero-order valence-electron chi connectivity index (χ0n) is 23.3. The van der Waals surface area contributed by atoms with Crippen molar-refractivity contribution in [1.82, 2.24) is 9.97 Å². The smallest absolute Gasteiger partial charge is 0.338 e. The van der Waals surface area contributed by atoms with Crippen molar-refractivity contribution in [3.63, 3.8) is 0 Å². The molecular formula is C28H40N2O10. The van der Waals surface area contributed by atoms with Crippen LogP contribution in [0.5, 0.6) is 0 Å². The van der Waals surface area contributed by atoms with Crippen LogP contribution in [-0.2, 0) is 37.9 Å². The van der Waals surface area contributed by atoms with Crippen LogP contribution in [0, 0.1) is 0 Å². The number of hydrogen-bond donors (Lipinski definition) is 0. The first-order chi connectivity index (χ1) is 19.7. The molecule has 12 heteroatoms. The molecule has 0 aromatic carbocycles. The fourth-order valence-electron chi connectivity index (χ4n) is 3.12. The van der Waals surface area contributed by atoms with Gasteiger partial charge in [-0.15, -0.1) is 0 Å². The van der Waals surface area contributed by atoms with Gasteiger partial charge in [0.15, 0.2) is 0 Å². The summed E-state index contributed by atoms with van der Waals surface area (Å²) in [4.78, 5) is 33.4. The van der Waals surface area contributed by atoms with Crippen molar-refractivity contribution in [2.24, 2.45) is 0 Å². The molecule has 2 aromatic rings. The summed E-state index contributed by atoms with van der Waals surface area (Å²) >= 11 is 0. The Morgan fingerprint density at radius 3 is 1.20 bits per heavy atom. The second-order valence-corrected chi connectivity index (χ2v) is 7.97. The second kappa shape index (κ2) is 21.8. The normalized spacial score (nSPS) is 10.9. The molecule has 12 nitrogen and oxygen atoms in total. The topological polar surface area (TPSA) is 134 Å². The summed E-state index contributed by atoms with van der Waals surface area (Å²) in [6.45, 7) is 9.64. The standard InChI is InChI=1S/C28H40N2O10/c1-3-33-9-11-35-13-15-37-17-19-39-27(31)23-5-7-29-25(21-23)26-22-24(6-8-30-26)28(32)40-20-18-38-16-14-36-12-10-34-4-2/h5-8,21-22H,3-4,9-20H2,1-2H3. The minimum atomic E-state index is -0.518. The van der Waals surface area contributed by atoms with Crippen molar-refractivity contribution in [3.05, 3.63) is 47.8 Å². The summed E-state index contributed by atoms with van der Waals surface area (Å²) in [7, 11) is 0. The minimum absolute atomic E-state index is 0.0969. The van der Waals surface area contributed by atoms with Gasteiger partial charge in [-0.25, -0.2) is 9.59 Å². The minimum Gasteiger partial charge on any atom is -0.460 e. The number of ether oxygens (including phenoxy) is 8. The van der Waals surface area contributed by atoms with Crippen molar-refractivity contribution in [3.8, 4) is 11.4 Å². The van der Waals surface area contributed by atoms with Gasteiger partial charge in [-0.05, 0) is 38.1 Å². The molecule has 2 heterocycles.